The van der Waals surface area contributed by atoms with E-state index >= 15 is 0 Å². The summed E-state index contributed by atoms with van der Waals surface area (Å²) in [5.74, 6) is 0.814. The van der Waals surface area contributed by atoms with Gasteiger partial charge in [0.05, 0.1) is 18.6 Å². The van der Waals surface area contributed by atoms with Crippen LogP contribution in [0.25, 0.3) is 0 Å². The molecule has 3 rings (SSSR count). The van der Waals surface area contributed by atoms with Crippen LogP contribution < -0.4 is 10.1 Å². The van der Waals surface area contributed by atoms with Gasteiger partial charge in [-0.05, 0) is 24.5 Å². The van der Waals surface area contributed by atoms with Gasteiger partial charge in [-0.2, -0.15) is 0 Å². The maximum Gasteiger partial charge on any atom is 0.269 e. The number of carbonyl (C=O) groups is 1. The number of para-hydroxylation sites is 1. The summed E-state index contributed by atoms with van der Waals surface area (Å²) >= 11 is 0. The van der Waals surface area contributed by atoms with Crippen LogP contribution in [0.2, 0.25) is 0 Å². The first-order valence-corrected chi connectivity index (χ1v) is 6.72. The standard InChI is InChI=1S/C15H17N3O2/c1-18-10-16-8-13(18)15(19)17-12-7-6-11-4-2-3-5-14(11)20-9-12/h2-5,8,10,12H,6-7,9H2,1H3,(H,17,19). The lowest BCUT2D eigenvalue weighted by atomic mass is 10.1. The molecule has 0 saturated carbocycles. The number of fused-ring (bicyclic) bond motifs is 1. The molecule has 1 atom stereocenters. The molecule has 0 saturated heterocycles. The Bertz CT molecular complexity index is 594. The van der Waals surface area contributed by atoms with E-state index in [0.717, 1.165) is 18.6 Å². The molecular weight excluding hydrogens is 254 g/mol. The molecule has 2 aromatic rings. The second-order valence-electron chi connectivity index (χ2n) is 5.02. The van der Waals surface area contributed by atoms with Crippen LogP contribution in [0.3, 0.4) is 0 Å². The second-order valence-corrected chi connectivity index (χ2v) is 5.02. The lowest BCUT2D eigenvalue weighted by Crippen LogP contribution is -2.39. The fraction of sp³-hybridized carbons (Fsp3) is 0.333. The van der Waals surface area contributed by atoms with Crippen LogP contribution in [0, 0.1) is 0 Å². The third kappa shape index (κ3) is 2.52. The highest BCUT2D eigenvalue weighted by Gasteiger charge is 2.20. The number of rotatable bonds is 2. The van der Waals surface area contributed by atoms with Gasteiger partial charge in [0.2, 0.25) is 0 Å². The Kier molecular flexibility index (Phi) is 3.41. The van der Waals surface area contributed by atoms with Crippen molar-refractivity contribution >= 4 is 5.91 Å². The van der Waals surface area contributed by atoms with Crippen molar-refractivity contribution < 1.29 is 9.53 Å². The summed E-state index contributed by atoms with van der Waals surface area (Å²) in [6, 6.07) is 8.04. The van der Waals surface area contributed by atoms with Crippen molar-refractivity contribution in [1.29, 1.82) is 0 Å². The molecule has 0 spiro atoms. The van der Waals surface area contributed by atoms with Gasteiger partial charge in [0.1, 0.15) is 18.1 Å². The van der Waals surface area contributed by atoms with Crippen LogP contribution in [-0.4, -0.2) is 28.1 Å². The smallest absolute Gasteiger partial charge is 0.269 e. The Morgan fingerprint density at radius 1 is 1.45 bits per heavy atom. The van der Waals surface area contributed by atoms with E-state index < -0.39 is 0 Å². The van der Waals surface area contributed by atoms with Crippen LogP contribution in [0.1, 0.15) is 22.5 Å². The molecule has 1 unspecified atom stereocenters. The first-order valence-electron chi connectivity index (χ1n) is 6.72. The van der Waals surface area contributed by atoms with Crippen LogP contribution in [-0.2, 0) is 13.5 Å². The summed E-state index contributed by atoms with van der Waals surface area (Å²) in [5.41, 5.74) is 1.76. The Morgan fingerprint density at radius 3 is 3.10 bits per heavy atom. The van der Waals surface area contributed by atoms with Gasteiger partial charge >= 0.3 is 0 Å². The Balaban J connectivity index is 1.66. The summed E-state index contributed by atoms with van der Waals surface area (Å²) in [6.45, 7) is 0.501. The van der Waals surface area contributed by atoms with Crippen molar-refractivity contribution in [1.82, 2.24) is 14.9 Å². The average molecular weight is 271 g/mol. The predicted molar refractivity (Wildman–Crippen MR) is 74.7 cm³/mol. The number of carbonyl (C=O) groups excluding carboxylic acids is 1. The molecule has 1 aromatic carbocycles. The highest BCUT2D eigenvalue weighted by molar-refractivity contribution is 5.92. The van der Waals surface area contributed by atoms with Crippen molar-refractivity contribution in [3.63, 3.8) is 0 Å². The van der Waals surface area contributed by atoms with E-state index in [0.29, 0.717) is 12.3 Å². The van der Waals surface area contributed by atoms with Crippen molar-refractivity contribution in [2.45, 2.75) is 18.9 Å². The number of amides is 1. The summed E-state index contributed by atoms with van der Waals surface area (Å²) in [4.78, 5) is 16.1. The van der Waals surface area contributed by atoms with Gasteiger partial charge in [-0.25, -0.2) is 4.98 Å². The monoisotopic (exact) mass is 271 g/mol. The molecule has 0 aliphatic carbocycles. The van der Waals surface area contributed by atoms with E-state index in [1.165, 1.54) is 5.56 Å². The largest absolute Gasteiger partial charge is 0.491 e. The topological polar surface area (TPSA) is 56.2 Å². The van der Waals surface area contributed by atoms with Gasteiger partial charge in [-0.3, -0.25) is 4.79 Å². The molecule has 0 radical (unpaired) electrons. The zero-order chi connectivity index (χ0) is 13.9. The van der Waals surface area contributed by atoms with Gasteiger partial charge in [0.15, 0.2) is 0 Å². The number of aryl methyl sites for hydroxylation is 2. The molecule has 104 valence electrons. The Morgan fingerprint density at radius 2 is 2.30 bits per heavy atom. The first-order chi connectivity index (χ1) is 9.74. The maximum absolute atomic E-state index is 12.2. The zero-order valence-corrected chi connectivity index (χ0v) is 11.4. The Labute approximate surface area is 117 Å². The number of hydrogen-bond acceptors (Lipinski definition) is 3. The molecule has 0 fully saturated rings. The normalized spacial score (nSPS) is 17.8. The minimum Gasteiger partial charge on any atom is -0.491 e. The van der Waals surface area contributed by atoms with E-state index in [2.05, 4.69) is 16.4 Å². The third-order valence-corrected chi connectivity index (χ3v) is 3.56. The fourth-order valence-corrected chi connectivity index (χ4v) is 2.40. The van der Waals surface area contributed by atoms with E-state index in [1.54, 1.807) is 24.1 Å². The molecule has 2 heterocycles. The van der Waals surface area contributed by atoms with Crippen LogP contribution in [0.15, 0.2) is 36.8 Å². The molecule has 1 aliphatic heterocycles. The maximum atomic E-state index is 12.2. The lowest BCUT2D eigenvalue weighted by molar-refractivity contribution is 0.0913. The SMILES string of the molecule is Cn1cncc1C(=O)NC1CCc2ccccc2OC1. The van der Waals surface area contributed by atoms with Crippen molar-refractivity contribution in [3.8, 4) is 5.75 Å². The van der Waals surface area contributed by atoms with E-state index in [-0.39, 0.29) is 11.9 Å². The van der Waals surface area contributed by atoms with Crippen LogP contribution >= 0.6 is 0 Å². The third-order valence-electron chi connectivity index (χ3n) is 3.56. The van der Waals surface area contributed by atoms with Gasteiger partial charge in [0.25, 0.3) is 5.91 Å². The number of benzene rings is 1. The quantitative estimate of drug-likeness (QED) is 0.901. The number of nitrogens with one attached hydrogen (secondary N) is 1. The highest BCUT2D eigenvalue weighted by Crippen LogP contribution is 2.23. The molecule has 1 N–H and O–H groups in total. The number of imidazole rings is 1. The first kappa shape index (κ1) is 12.7. The molecule has 5 nitrogen and oxygen atoms in total. The zero-order valence-electron chi connectivity index (χ0n) is 11.4. The minimum atomic E-state index is -0.107. The van der Waals surface area contributed by atoms with E-state index in [4.69, 9.17) is 4.74 Å². The van der Waals surface area contributed by atoms with Gasteiger partial charge in [-0.15, -0.1) is 0 Å². The molecule has 5 heteroatoms. The van der Waals surface area contributed by atoms with Gasteiger partial charge in [-0.1, -0.05) is 18.2 Å². The number of ether oxygens (including phenoxy) is 1. The summed E-state index contributed by atoms with van der Waals surface area (Å²) in [6.07, 6.45) is 4.98. The van der Waals surface area contributed by atoms with Gasteiger partial charge < -0.3 is 14.6 Å². The lowest BCUT2D eigenvalue weighted by Gasteiger charge is -2.16. The van der Waals surface area contributed by atoms with Crippen molar-refractivity contribution in [2.75, 3.05) is 6.61 Å². The number of hydrogen-bond donors (Lipinski definition) is 1. The van der Waals surface area contributed by atoms with E-state index in [1.807, 2.05) is 18.2 Å². The second kappa shape index (κ2) is 5.36. The highest BCUT2D eigenvalue weighted by atomic mass is 16.5. The molecule has 0 bridgehead atoms. The van der Waals surface area contributed by atoms with Crippen LogP contribution in [0.4, 0.5) is 0 Å². The molecular formula is C15H17N3O2. The average Bonchev–Trinajstić information content (AvgIpc) is 2.78. The predicted octanol–water partition coefficient (Wildman–Crippen LogP) is 1.54. The molecule has 1 aliphatic rings. The van der Waals surface area contributed by atoms with Crippen molar-refractivity contribution in [2.24, 2.45) is 7.05 Å². The van der Waals surface area contributed by atoms with E-state index in [9.17, 15) is 4.79 Å². The molecule has 20 heavy (non-hydrogen) atoms. The number of nitrogens with zero attached hydrogens (tertiary/aromatic N) is 2. The minimum absolute atomic E-state index is 0.0183. The molecule has 1 aromatic heterocycles. The number of aromatic nitrogens is 2. The molecule has 1 amide bonds. The van der Waals surface area contributed by atoms with Crippen molar-refractivity contribution in [3.05, 3.63) is 48.0 Å². The Hall–Kier alpha value is -2.30. The van der Waals surface area contributed by atoms with Gasteiger partial charge in [0, 0.05) is 7.05 Å². The fourth-order valence-electron chi connectivity index (χ4n) is 2.40. The summed E-state index contributed by atoms with van der Waals surface area (Å²) in [7, 11) is 1.81. The summed E-state index contributed by atoms with van der Waals surface area (Å²) < 4.78 is 7.48. The van der Waals surface area contributed by atoms with Crippen LogP contribution in [0.5, 0.6) is 5.75 Å². The summed E-state index contributed by atoms with van der Waals surface area (Å²) in [5, 5.41) is 3.01.